The summed E-state index contributed by atoms with van der Waals surface area (Å²) in [5.74, 6) is 0.686. The van der Waals surface area contributed by atoms with Gasteiger partial charge in [0.15, 0.2) is 0 Å². The zero-order valence-electron chi connectivity index (χ0n) is 10.5. The van der Waals surface area contributed by atoms with Crippen LogP contribution in [0.5, 0.6) is 0 Å². The van der Waals surface area contributed by atoms with Crippen molar-refractivity contribution in [1.82, 2.24) is 0 Å². The molecular weight excluding hydrogens is 210 g/mol. The highest BCUT2D eigenvalue weighted by molar-refractivity contribution is 5.14. The van der Waals surface area contributed by atoms with Gasteiger partial charge in [0.1, 0.15) is 0 Å². The second kappa shape index (κ2) is 6.77. The summed E-state index contributed by atoms with van der Waals surface area (Å²) in [4.78, 5) is 0. The lowest BCUT2D eigenvalue weighted by Gasteiger charge is -2.28. The zero-order chi connectivity index (χ0) is 11.9. The van der Waals surface area contributed by atoms with Crippen molar-refractivity contribution in [2.45, 2.75) is 38.2 Å². The first-order valence-electron chi connectivity index (χ1n) is 6.74. The maximum atomic E-state index is 5.96. The lowest BCUT2D eigenvalue weighted by molar-refractivity contribution is 0.0160. The van der Waals surface area contributed by atoms with Gasteiger partial charge in [-0.1, -0.05) is 36.8 Å². The summed E-state index contributed by atoms with van der Waals surface area (Å²) in [5.41, 5.74) is 7.09. The lowest BCUT2D eigenvalue weighted by atomic mass is 9.87. The first-order chi connectivity index (χ1) is 8.38. The van der Waals surface area contributed by atoms with Crippen molar-refractivity contribution in [1.29, 1.82) is 0 Å². The van der Waals surface area contributed by atoms with Gasteiger partial charge in [-0.15, -0.1) is 0 Å². The van der Waals surface area contributed by atoms with Gasteiger partial charge >= 0.3 is 0 Å². The van der Waals surface area contributed by atoms with Crippen LogP contribution in [0.4, 0.5) is 0 Å². The summed E-state index contributed by atoms with van der Waals surface area (Å²) < 4.78 is 5.96. The Bertz CT molecular complexity index is 312. The molecule has 1 aliphatic rings. The maximum absolute atomic E-state index is 5.96. The Morgan fingerprint density at radius 2 is 2.00 bits per heavy atom. The first kappa shape index (κ1) is 12.6. The minimum Gasteiger partial charge on any atom is -0.378 e. The van der Waals surface area contributed by atoms with E-state index in [9.17, 15) is 0 Å². The van der Waals surface area contributed by atoms with E-state index in [4.69, 9.17) is 10.5 Å². The molecule has 17 heavy (non-hydrogen) atoms. The number of nitrogens with two attached hydrogens (primary N) is 1. The highest BCUT2D eigenvalue weighted by Gasteiger charge is 2.21. The molecule has 1 aliphatic carbocycles. The number of ether oxygens (including phenoxy) is 1. The Labute approximate surface area is 104 Å². The third kappa shape index (κ3) is 4.14. The lowest BCUT2D eigenvalue weighted by Crippen LogP contribution is -2.28. The number of benzene rings is 1. The van der Waals surface area contributed by atoms with Crippen molar-refractivity contribution < 1.29 is 4.74 Å². The van der Waals surface area contributed by atoms with Gasteiger partial charge in [0.2, 0.25) is 0 Å². The van der Waals surface area contributed by atoms with Gasteiger partial charge in [-0.05, 0) is 43.7 Å². The molecule has 2 N–H and O–H groups in total. The number of hydrogen-bond acceptors (Lipinski definition) is 2. The van der Waals surface area contributed by atoms with Crippen molar-refractivity contribution in [2.24, 2.45) is 11.7 Å². The predicted octanol–water partition coefficient (Wildman–Crippen LogP) is 2.76. The van der Waals surface area contributed by atoms with Gasteiger partial charge in [-0.25, -0.2) is 0 Å². The number of hydrogen-bond donors (Lipinski definition) is 1. The van der Waals surface area contributed by atoms with Gasteiger partial charge in [0.25, 0.3) is 0 Å². The smallest absolute Gasteiger partial charge is 0.0578 e. The minimum absolute atomic E-state index is 0.445. The topological polar surface area (TPSA) is 35.2 Å². The molecule has 0 amide bonds. The average Bonchev–Trinajstić information content (AvgIpc) is 2.40. The fourth-order valence-electron chi connectivity index (χ4n) is 2.60. The van der Waals surface area contributed by atoms with Crippen LogP contribution >= 0.6 is 0 Å². The molecule has 0 radical (unpaired) electrons. The minimum atomic E-state index is 0.445. The van der Waals surface area contributed by atoms with Gasteiger partial charge < -0.3 is 10.5 Å². The first-order valence-corrected chi connectivity index (χ1v) is 6.74. The molecule has 1 saturated carbocycles. The van der Waals surface area contributed by atoms with E-state index >= 15 is 0 Å². The molecule has 1 aromatic rings. The van der Waals surface area contributed by atoms with Crippen LogP contribution in [-0.4, -0.2) is 19.3 Å². The Morgan fingerprint density at radius 1 is 1.18 bits per heavy atom. The quantitative estimate of drug-likeness (QED) is 0.848. The van der Waals surface area contributed by atoms with Crippen LogP contribution in [0.1, 0.15) is 31.2 Å². The van der Waals surface area contributed by atoms with E-state index in [0.717, 1.165) is 26.0 Å². The van der Waals surface area contributed by atoms with Crippen molar-refractivity contribution in [3.8, 4) is 0 Å². The summed E-state index contributed by atoms with van der Waals surface area (Å²) in [5, 5.41) is 0. The molecule has 0 saturated heterocycles. The molecule has 0 heterocycles. The Kier molecular flexibility index (Phi) is 5.02. The predicted molar refractivity (Wildman–Crippen MR) is 70.9 cm³/mol. The molecule has 1 fully saturated rings. The van der Waals surface area contributed by atoms with E-state index in [1.165, 1.54) is 24.8 Å². The third-order valence-electron chi connectivity index (χ3n) is 3.66. The average molecular weight is 233 g/mol. The molecule has 2 rings (SSSR count). The van der Waals surface area contributed by atoms with Gasteiger partial charge in [0, 0.05) is 0 Å². The third-order valence-corrected chi connectivity index (χ3v) is 3.66. The van der Waals surface area contributed by atoms with E-state index < -0.39 is 0 Å². The summed E-state index contributed by atoms with van der Waals surface area (Å²) in [6, 6.07) is 10.5. The SMILES string of the molecule is NC[C@H]1CCC[C@@H](OCCc2ccccc2)C1. The summed E-state index contributed by atoms with van der Waals surface area (Å²) in [6.07, 6.45) is 6.40. The molecule has 2 atom stereocenters. The van der Waals surface area contributed by atoms with Gasteiger partial charge in [0.05, 0.1) is 12.7 Å². The van der Waals surface area contributed by atoms with E-state index in [0.29, 0.717) is 12.0 Å². The van der Waals surface area contributed by atoms with Gasteiger partial charge in [-0.3, -0.25) is 0 Å². The van der Waals surface area contributed by atoms with E-state index in [-0.39, 0.29) is 0 Å². The standard InChI is InChI=1S/C15H23NO/c16-12-14-7-4-8-15(11-14)17-10-9-13-5-2-1-3-6-13/h1-3,5-6,14-15H,4,7-12,16H2/t14-,15+/m0/s1. The number of rotatable bonds is 5. The fourth-order valence-corrected chi connectivity index (χ4v) is 2.60. The maximum Gasteiger partial charge on any atom is 0.0578 e. The summed E-state index contributed by atoms with van der Waals surface area (Å²) in [7, 11) is 0. The molecule has 94 valence electrons. The van der Waals surface area contributed by atoms with Crippen LogP contribution in [0.25, 0.3) is 0 Å². The molecule has 0 bridgehead atoms. The van der Waals surface area contributed by atoms with Crippen molar-refractivity contribution >= 4 is 0 Å². The largest absolute Gasteiger partial charge is 0.378 e. The molecule has 0 aliphatic heterocycles. The zero-order valence-corrected chi connectivity index (χ0v) is 10.5. The highest BCUT2D eigenvalue weighted by Crippen LogP contribution is 2.25. The van der Waals surface area contributed by atoms with Crippen LogP contribution in [0.3, 0.4) is 0 Å². The van der Waals surface area contributed by atoms with Crippen LogP contribution in [-0.2, 0) is 11.2 Å². The van der Waals surface area contributed by atoms with E-state index in [1.54, 1.807) is 0 Å². The van der Waals surface area contributed by atoms with Crippen LogP contribution in [0.2, 0.25) is 0 Å². The summed E-state index contributed by atoms with van der Waals surface area (Å²) >= 11 is 0. The van der Waals surface area contributed by atoms with E-state index in [2.05, 4.69) is 30.3 Å². The van der Waals surface area contributed by atoms with Gasteiger partial charge in [-0.2, -0.15) is 0 Å². The Hall–Kier alpha value is -0.860. The summed E-state index contributed by atoms with van der Waals surface area (Å²) in [6.45, 7) is 1.66. The molecule has 0 aromatic heterocycles. The fraction of sp³-hybridized carbons (Fsp3) is 0.600. The molecule has 0 spiro atoms. The normalized spacial score (nSPS) is 24.8. The Morgan fingerprint density at radius 3 is 2.76 bits per heavy atom. The molecule has 1 aromatic carbocycles. The van der Waals surface area contributed by atoms with Crippen LogP contribution in [0.15, 0.2) is 30.3 Å². The van der Waals surface area contributed by atoms with Crippen molar-refractivity contribution in [3.63, 3.8) is 0 Å². The van der Waals surface area contributed by atoms with Crippen LogP contribution < -0.4 is 5.73 Å². The van der Waals surface area contributed by atoms with Crippen LogP contribution in [0, 0.1) is 5.92 Å². The van der Waals surface area contributed by atoms with Crippen molar-refractivity contribution in [3.05, 3.63) is 35.9 Å². The van der Waals surface area contributed by atoms with Crippen molar-refractivity contribution in [2.75, 3.05) is 13.2 Å². The molecule has 2 nitrogen and oxygen atoms in total. The second-order valence-electron chi connectivity index (χ2n) is 5.00. The van der Waals surface area contributed by atoms with E-state index in [1.807, 2.05) is 0 Å². The highest BCUT2D eigenvalue weighted by atomic mass is 16.5. The second-order valence-corrected chi connectivity index (χ2v) is 5.00. The monoisotopic (exact) mass is 233 g/mol. The molecule has 2 heteroatoms. The molecular formula is C15H23NO. The Balaban J connectivity index is 1.68. The molecule has 0 unspecified atom stereocenters.